The summed E-state index contributed by atoms with van der Waals surface area (Å²) in [4.78, 5) is 16.3. The fraction of sp³-hybridized carbons (Fsp3) is 0.500. The third-order valence-corrected chi connectivity index (χ3v) is 3.97. The molecular weight excluding hydrogens is 284 g/mol. The Kier molecular flexibility index (Phi) is 5.70. The van der Waals surface area contributed by atoms with Gasteiger partial charge in [0, 0.05) is 6.61 Å². The second kappa shape index (κ2) is 7.52. The molecule has 1 aromatic carbocycles. The van der Waals surface area contributed by atoms with Crippen molar-refractivity contribution in [2.24, 2.45) is 5.92 Å². The number of aryl methyl sites for hydroxylation is 1. The second-order valence-electron chi connectivity index (χ2n) is 5.44. The van der Waals surface area contributed by atoms with E-state index in [0.717, 1.165) is 16.6 Å². The fourth-order valence-electron chi connectivity index (χ4n) is 1.91. The molecule has 1 heterocycles. The lowest BCUT2D eigenvalue weighted by Gasteiger charge is -2.06. The largest absolute Gasteiger partial charge is 0.381 e. The Morgan fingerprint density at radius 2 is 2.24 bits per heavy atom. The maximum Gasteiger partial charge on any atom is 0.228 e. The number of fused-ring (bicyclic) bond motifs is 1. The van der Waals surface area contributed by atoms with Gasteiger partial charge in [0.15, 0.2) is 5.13 Å². The molecule has 1 aromatic heterocycles. The molecule has 0 unspecified atom stereocenters. The molecule has 0 radical (unpaired) electrons. The summed E-state index contributed by atoms with van der Waals surface area (Å²) < 4.78 is 6.53. The molecule has 1 N–H and O–H groups in total. The summed E-state index contributed by atoms with van der Waals surface area (Å²) in [6.07, 6.45) is 1.37. The lowest BCUT2D eigenvalue weighted by molar-refractivity contribution is -0.117. The molecule has 0 aliphatic carbocycles. The van der Waals surface area contributed by atoms with Crippen molar-refractivity contribution in [1.82, 2.24) is 4.98 Å². The number of benzene rings is 1. The number of carbonyl (C=O) groups is 1. The molecule has 21 heavy (non-hydrogen) atoms. The van der Waals surface area contributed by atoms with Crippen LogP contribution < -0.4 is 5.32 Å². The van der Waals surface area contributed by atoms with E-state index in [1.54, 1.807) is 0 Å². The van der Waals surface area contributed by atoms with Crippen LogP contribution in [0.2, 0.25) is 0 Å². The van der Waals surface area contributed by atoms with Gasteiger partial charge < -0.3 is 10.1 Å². The predicted molar refractivity (Wildman–Crippen MR) is 87.9 cm³/mol. The van der Waals surface area contributed by atoms with Gasteiger partial charge in [-0.15, -0.1) is 0 Å². The standard InChI is InChI=1S/C16H22N2O2S/c1-4-12-5-6-13-14(9-12)21-16(17-13)18-15(19)7-8-20-10-11(2)3/h5-6,9,11H,4,7-8,10H2,1-3H3,(H,17,18,19). The van der Waals surface area contributed by atoms with Crippen LogP contribution in [0.1, 0.15) is 32.8 Å². The Hall–Kier alpha value is -1.46. The van der Waals surface area contributed by atoms with Crippen LogP contribution in [0, 0.1) is 5.92 Å². The summed E-state index contributed by atoms with van der Waals surface area (Å²) in [6, 6.07) is 6.22. The van der Waals surface area contributed by atoms with Crippen LogP contribution >= 0.6 is 11.3 Å². The number of ether oxygens (including phenoxy) is 1. The highest BCUT2D eigenvalue weighted by Crippen LogP contribution is 2.27. The summed E-state index contributed by atoms with van der Waals surface area (Å²) in [5, 5.41) is 3.50. The van der Waals surface area contributed by atoms with Crippen LogP contribution in [0.3, 0.4) is 0 Å². The molecule has 0 aliphatic rings. The minimum Gasteiger partial charge on any atom is -0.381 e. The average molecular weight is 306 g/mol. The molecule has 1 amide bonds. The molecule has 114 valence electrons. The van der Waals surface area contributed by atoms with Gasteiger partial charge in [-0.3, -0.25) is 4.79 Å². The van der Waals surface area contributed by atoms with Crippen molar-refractivity contribution in [2.75, 3.05) is 18.5 Å². The molecule has 0 saturated heterocycles. The zero-order valence-corrected chi connectivity index (χ0v) is 13.6. The van der Waals surface area contributed by atoms with Gasteiger partial charge in [0.05, 0.1) is 23.2 Å². The number of amides is 1. The number of thiazole rings is 1. The molecule has 0 bridgehead atoms. The van der Waals surface area contributed by atoms with Crippen LogP contribution in [-0.4, -0.2) is 24.1 Å². The Balaban J connectivity index is 1.89. The quantitative estimate of drug-likeness (QED) is 0.790. The van der Waals surface area contributed by atoms with Crippen LogP contribution in [0.25, 0.3) is 10.2 Å². The first-order valence-electron chi connectivity index (χ1n) is 7.35. The summed E-state index contributed by atoms with van der Waals surface area (Å²) >= 11 is 1.52. The van der Waals surface area contributed by atoms with Crippen molar-refractivity contribution in [1.29, 1.82) is 0 Å². The highest BCUT2D eigenvalue weighted by Gasteiger charge is 2.08. The van der Waals surface area contributed by atoms with Crippen LogP contribution in [0.15, 0.2) is 18.2 Å². The van der Waals surface area contributed by atoms with Gasteiger partial charge in [0.25, 0.3) is 0 Å². The molecule has 0 saturated carbocycles. The van der Waals surface area contributed by atoms with Crippen LogP contribution in [0.5, 0.6) is 0 Å². The average Bonchev–Trinajstić information content (AvgIpc) is 2.84. The number of nitrogens with one attached hydrogen (secondary N) is 1. The first-order valence-corrected chi connectivity index (χ1v) is 8.17. The highest BCUT2D eigenvalue weighted by atomic mass is 32.1. The van der Waals surface area contributed by atoms with E-state index in [1.165, 1.54) is 16.9 Å². The van der Waals surface area contributed by atoms with Crippen molar-refractivity contribution in [3.05, 3.63) is 23.8 Å². The van der Waals surface area contributed by atoms with Gasteiger partial charge in [0.2, 0.25) is 5.91 Å². The summed E-state index contributed by atoms with van der Waals surface area (Å²) in [5.74, 6) is 0.443. The van der Waals surface area contributed by atoms with E-state index < -0.39 is 0 Å². The fourth-order valence-corrected chi connectivity index (χ4v) is 2.85. The predicted octanol–water partition coefficient (Wildman–Crippen LogP) is 3.86. The number of nitrogens with zero attached hydrogens (tertiary/aromatic N) is 1. The zero-order chi connectivity index (χ0) is 15.2. The first-order chi connectivity index (χ1) is 10.1. The van der Waals surface area contributed by atoms with Crippen molar-refractivity contribution >= 4 is 32.6 Å². The molecule has 2 rings (SSSR count). The van der Waals surface area contributed by atoms with E-state index >= 15 is 0 Å². The molecule has 5 heteroatoms. The number of aromatic nitrogens is 1. The number of hydrogen-bond donors (Lipinski definition) is 1. The number of carbonyl (C=O) groups excluding carboxylic acids is 1. The Bertz CT molecular complexity index is 607. The monoisotopic (exact) mass is 306 g/mol. The van der Waals surface area contributed by atoms with E-state index in [4.69, 9.17) is 4.74 Å². The van der Waals surface area contributed by atoms with Gasteiger partial charge >= 0.3 is 0 Å². The zero-order valence-electron chi connectivity index (χ0n) is 12.8. The van der Waals surface area contributed by atoms with Crippen molar-refractivity contribution in [2.45, 2.75) is 33.6 Å². The normalized spacial score (nSPS) is 11.2. The number of anilines is 1. The number of rotatable bonds is 7. The van der Waals surface area contributed by atoms with E-state index in [-0.39, 0.29) is 5.91 Å². The van der Waals surface area contributed by atoms with E-state index in [9.17, 15) is 4.79 Å². The summed E-state index contributed by atoms with van der Waals surface area (Å²) in [6.45, 7) is 7.45. The SMILES string of the molecule is CCc1ccc2nc(NC(=O)CCOCC(C)C)sc2c1. The topological polar surface area (TPSA) is 51.2 Å². The van der Waals surface area contributed by atoms with E-state index in [0.29, 0.717) is 30.7 Å². The van der Waals surface area contributed by atoms with Gasteiger partial charge in [-0.05, 0) is 30.0 Å². The van der Waals surface area contributed by atoms with Crippen molar-refractivity contribution < 1.29 is 9.53 Å². The minimum absolute atomic E-state index is 0.0477. The third-order valence-electron chi connectivity index (χ3n) is 3.03. The highest BCUT2D eigenvalue weighted by molar-refractivity contribution is 7.22. The Morgan fingerprint density at radius 1 is 1.43 bits per heavy atom. The van der Waals surface area contributed by atoms with Crippen molar-refractivity contribution in [3.8, 4) is 0 Å². The van der Waals surface area contributed by atoms with E-state index in [1.807, 2.05) is 6.07 Å². The first kappa shape index (κ1) is 15.9. The molecular formula is C16H22N2O2S. The maximum absolute atomic E-state index is 11.8. The Morgan fingerprint density at radius 3 is 2.95 bits per heavy atom. The van der Waals surface area contributed by atoms with E-state index in [2.05, 4.69) is 43.2 Å². The molecule has 0 spiro atoms. The molecule has 0 fully saturated rings. The van der Waals surface area contributed by atoms with Crippen molar-refractivity contribution in [3.63, 3.8) is 0 Å². The molecule has 2 aromatic rings. The number of hydrogen-bond acceptors (Lipinski definition) is 4. The molecule has 0 aliphatic heterocycles. The minimum atomic E-state index is -0.0477. The molecule has 4 nitrogen and oxygen atoms in total. The summed E-state index contributed by atoms with van der Waals surface area (Å²) in [5.41, 5.74) is 2.22. The van der Waals surface area contributed by atoms with Crippen LogP contribution in [0.4, 0.5) is 5.13 Å². The summed E-state index contributed by atoms with van der Waals surface area (Å²) in [7, 11) is 0. The second-order valence-corrected chi connectivity index (χ2v) is 6.47. The van der Waals surface area contributed by atoms with Crippen LogP contribution in [-0.2, 0) is 16.0 Å². The maximum atomic E-state index is 11.8. The lowest BCUT2D eigenvalue weighted by Crippen LogP contribution is -2.15. The Labute approximate surface area is 129 Å². The van der Waals surface area contributed by atoms with Gasteiger partial charge in [-0.1, -0.05) is 38.2 Å². The van der Waals surface area contributed by atoms with Gasteiger partial charge in [0.1, 0.15) is 0 Å². The lowest BCUT2D eigenvalue weighted by atomic mass is 10.2. The van der Waals surface area contributed by atoms with Gasteiger partial charge in [-0.25, -0.2) is 4.98 Å². The molecule has 0 atom stereocenters. The third kappa shape index (κ3) is 4.79. The van der Waals surface area contributed by atoms with Gasteiger partial charge in [-0.2, -0.15) is 0 Å². The smallest absolute Gasteiger partial charge is 0.228 e.